The highest BCUT2D eigenvalue weighted by Crippen LogP contribution is 2.40. The highest BCUT2D eigenvalue weighted by atomic mass is 79.9. The van der Waals surface area contributed by atoms with Gasteiger partial charge in [0.1, 0.15) is 11.5 Å². The minimum Gasteiger partial charge on any atom is -0.507 e. The molecule has 0 radical (unpaired) electrons. The number of hydrogen-bond acceptors (Lipinski definition) is 5. The second-order valence-corrected chi connectivity index (χ2v) is 9.18. The summed E-state index contributed by atoms with van der Waals surface area (Å²) in [5.41, 5.74) is 1.31. The summed E-state index contributed by atoms with van der Waals surface area (Å²) >= 11 is 3.39. The van der Waals surface area contributed by atoms with Crippen molar-refractivity contribution in [3.8, 4) is 5.75 Å². The van der Waals surface area contributed by atoms with Gasteiger partial charge < -0.3 is 19.6 Å². The summed E-state index contributed by atoms with van der Waals surface area (Å²) in [4.78, 5) is 30.0. The molecule has 6 nitrogen and oxygen atoms in total. The molecule has 33 heavy (non-hydrogen) atoms. The van der Waals surface area contributed by atoms with Crippen molar-refractivity contribution in [2.24, 2.45) is 0 Å². The Morgan fingerprint density at radius 1 is 1.12 bits per heavy atom. The van der Waals surface area contributed by atoms with Crippen LogP contribution in [0.15, 0.2) is 58.6 Å². The number of aliphatic hydroxyl groups is 1. The average molecular weight is 515 g/mol. The van der Waals surface area contributed by atoms with Crippen molar-refractivity contribution in [2.75, 3.05) is 26.2 Å². The maximum Gasteiger partial charge on any atom is 0.295 e. The molecule has 0 bridgehead atoms. The van der Waals surface area contributed by atoms with E-state index in [0.29, 0.717) is 24.4 Å². The van der Waals surface area contributed by atoms with Crippen molar-refractivity contribution in [3.05, 3.63) is 69.7 Å². The predicted molar refractivity (Wildman–Crippen MR) is 133 cm³/mol. The van der Waals surface area contributed by atoms with Crippen molar-refractivity contribution < 1.29 is 19.4 Å². The molecule has 1 heterocycles. The minimum absolute atomic E-state index is 0.0166. The number of rotatable bonds is 9. The number of likely N-dealkylation sites (tertiary alicyclic amines) is 1. The number of carbonyl (C=O) groups excluding carboxylic acids is 2. The molecule has 1 amide bonds. The molecule has 0 aromatic heterocycles. The summed E-state index contributed by atoms with van der Waals surface area (Å²) in [7, 11) is 0. The molecule has 1 fully saturated rings. The monoisotopic (exact) mass is 514 g/mol. The maximum absolute atomic E-state index is 13.2. The van der Waals surface area contributed by atoms with Gasteiger partial charge in [-0.3, -0.25) is 9.59 Å². The number of hydrogen-bond donors (Lipinski definition) is 1. The zero-order valence-corrected chi connectivity index (χ0v) is 21.1. The Morgan fingerprint density at radius 2 is 1.79 bits per heavy atom. The summed E-state index contributed by atoms with van der Waals surface area (Å²) in [6, 6.07) is 13.7. The summed E-state index contributed by atoms with van der Waals surface area (Å²) in [6.45, 7) is 10.7. The lowest BCUT2D eigenvalue weighted by Crippen LogP contribution is -2.38. The maximum atomic E-state index is 13.2. The molecule has 0 aliphatic carbocycles. The van der Waals surface area contributed by atoms with E-state index in [1.165, 1.54) is 0 Å². The van der Waals surface area contributed by atoms with Crippen LogP contribution in [0, 0.1) is 0 Å². The van der Waals surface area contributed by atoms with Crippen molar-refractivity contribution >= 4 is 33.4 Å². The first-order chi connectivity index (χ1) is 15.8. The van der Waals surface area contributed by atoms with Crippen molar-refractivity contribution in [2.45, 2.75) is 39.8 Å². The van der Waals surface area contributed by atoms with E-state index in [2.05, 4.69) is 34.7 Å². The quantitative estimate of drug-likeness (QED) is 0.289. The molecule has 2 aromatic carbocycles. The molecule has 3 rings (SSSR count). The van der Waals surface area contributed by atoms with E-state index in [9.17, 15) is 14.7 Å². The van der Waals surface area contributed by atoms with Crippen LogP contribution in [0.1, 0.15) is 44.9 Å². The second-order valence-electron chi connectivity index (χ2n) is 8.27. The molecule has 1 atom stereocenters. The number of ketones is 1. The fourth-order valence-corrected chi connectivity index (χ4v) is 4.30. The van der Waals surface area contributed by atoms with Crippen LogP contribution < -0.4 is 4.74 Å². The van der Waals surface area contributed by atoms with E-state index in [0.717, 1.165) is 23.1 Å². The number of aliphatic hydroxyl groups excluding tert-OH is 1. The van der Waals surface area contributed by atoms with Crippen LogP contribution in [0.4, 0.5) is 0 Å². The van der Waals surface area contributed by atoms with Gasteiger partial charge in [-0.1, -0.05) is 54.0 Å². The Labute approximate surface area is 204 Å². The number of ether oxygens (including phenoxy) is 1. The molecular formula is C26H31BrN2O4. The van der Waals surface area contributed by atoms with Gasteiger partial charge in [-0.2, -0.15) is 0 Å². The second kappa shape index (κ2) is 11.0. The molecule has 1 N–H and O–H groups in total. The molecule has 0 saturated carbocycles. The summed E-state index contributed by atoms with van der Waals surface area (Å²) < 4.78 is 6.70. The fraction of sp³-hybridized carbons (Fsp3) is 0.385. The normalized spacial score (nSPS) is 17.9. The van der Waals surface area contributed by atoms with Crippen LogP contribution in [0.2, 0.25) is 0 Å². The SMILES string of the molecule is CCN(CC)CCN1C(=O)C(=O)/C(=C(\O)c2ccc(Br)cc2)C1c1cccc(OC(C)C)c1. The third-order valence-electron chi connectivity index (χ3n) is 5.75. The Bertz CT molecular complexity index is 1030. The minimum atomic E-state index is -0.695. The van der Waals surface area contributed by atoms with Gasteiger partial charge >= 0.3 is 0 Å². The zero-order valence-electron chi connectivity index (χ0n) is 19.5. The van der Waals surface area contributed by atoms with Gasteiger partial charge in [0.15, 0.2) is 0 Å². The third kappa shape index (κ3) is 5.65. The van der Waals surface area contributed by atoms with E-state index in [1.807, 2.05) is 38.1 Å². The first-order valence-electron chi connectivity index (χ1n) is 11.3. The van der Waals surface area contributed by atoms with Gasteiger partial charge in [-0.15, -0.1) is 0 Å². The fourth-order valence-electron chi connectivity index (χ4n) is 4.04. The Morgan fingerprint density at radius 3 is 2.39 bits per heavy atom. The summed E-state index contributed by atoms with van der Waals surface area (Å²) in [5.74, 6) is -0.789. The Hall–Kier alpha value is -2.64. The first-order valence-corrected chi connectivity index (χ1v) is 12.1. The number of carbonyl (C=O) groups is 2. The predicted octanol–water partition coefficient (Wildman–Crippen LogP) is 5.00. The third-order valence-corrected chi connectivity index (χ3v) is 6.28. The first kappa shape index (κ1) is 25.0. The standard InChI is InChI=1S/C26H31BrN2O4/c1-5-28(6-2)14-15-29-23(19-8-7-9-21(16-19)33-17(3)4)22(25(31)26(29)32)24(30)18-10-12-20(27)13-11-18/h7-13,16-17,23,30H,5-6,14-15H2,1-4H3/b24-22-. The largest absolute Gasteiger partial charge is 0.507 e. The highest BCUT2D eigenvalue weighted by molar-refractivity contribution is 9.10. The molecule has 0 spiro atoms. The molecule has 7 heteroatoms. The van der Waals surface area contributed by atoms with Gasteiger partial charge in [0.05, 0.1) is 17.7 Å². The molecule has 1 aliphatic rings. The molecule has 2 aromatic rings. The van der Waals surface area contributed by atoms with Gasteiger partial charge in [-0.25, -0.2) is 0 Å². The Kier molecular flexibility index (Phi) is 8.32. The lowest BCUT2D eigenvalue weighted by atomic mass is 9.95. The smallest absolute Gasteiger partial charge is 0.295 e. The molecular weight excluding hydrogens is 484 g/mol. The van der Waals surface area contributed by atoms with Crippen molar-refractivity contribution in [1.29, 1.82) is 0 Å². The van der Waals surface area contributed by atoms with Crippen LogP contribution in [0.5, 0.6) is 5.75 Å². The molecule has 1 aliphatic heterocycles. The topological polar surface area (TPSA) is 70.1 Å². The van der Waals surface area contributed by atoms with Gasteiger partial charge in [0.25, 0.3) is 11.7 Å². The highest BCUT2D eigenvalue weighted by Gasteiger charge is 2.46. The molecule has 1 saturated heterocycles. The van der Waals surface area contributed by atoms with E-state index in [1.54, 1.807) is 29.2 Å². The van der Waals surface area contributed by atoms with Crippen molar-refractivity contribution in [1.82, 2.24) is 9.80 Å². The summed E-state index contributed by atoms with van der Waals surface area (Å²) in [5, 5.41) is 11.2. The average Bonchev–Trinajstić information content (AvgIpc) is 3.04. The van der Waals surface area contributed by atoms with E-state index < -0.39 is 17.7 Å². The van der Waals surface area contributed by atoms with Crippen molar-refractivity contribution in [3.63, 3.8) is 0 Å². The van der Waals surface area contributed by atoms with Gasteiger partial charge in [0, 0.05) is 23.1 Å². The number of likely N-dealkylation sites (N-methyl/N-ethyl adjacent to an activating group) is 1. The lowest BCUT2D eigenvalue weighted by molar-refractivity contribution is -0.140. The lowest BCUT2D eigenvalue weighted by Gasteiger charge is -2.28. The van der Waals surface area contributed by atoms with E-state index >= 15 is 0 Å². The number of Topliss-reactive ketones (excluding diaryl/α,β-unsaturated/α-hetero) is 1. The van der Waals surface area contributed by atoms with Crippen LogP contribution in [-0.4, -0.2) is 58.9 Å². The molecule has 1 unspecified atom stereocenters. The van der Waals surface area contributed by atoms with E-state index in [-0.39, 0.29) is 17.4 Å². The van der Waals surface area contributed by atoms with Crippen LogP contribution >= 0.6 is 15.9 Å². The van der Waals surface area contributed by atoms with E-state index in [4.69, 9.17) is 4.74 Å². The van der Waals surface area contributed by atoms with Gasteiger partial charge in [0.2, 0.25) is 0 Å². The van der Waals surface area contributed by atoms with Crippen LogP contribution in [0.3, 0.4) is 0 Å². The van der Waals surface area contributed by atoms with Gasteiger partial charge in [-0.05, 0) is 56.8 Å². The number of halogens is 1. The zero-order chi connectivity index (χ0) is 24.1. The number of amides is 1. The summed E-state index contributed by atoms with van der Waals surface area (Å²) in [6.07, 6.45) is -0.0166. The van der Waals surface area contributed by atoms with Crippen LogP contribution in [0.25, 0.3) is 5.76 Å². The van der Waals surface area contributed by atoms with Crippen LogP contribution in [-0.2, 0) is 9.59 Å². The molecule has 176 valence electrons. The number of nitrogens with zero attached hydrogens (tertiary/aromatic N) is 2. The Balaban J connectivity index is 2.10. The number of benzene rings is 2.